The van der Waals surface area contributed by atoms with Crippen molar-refractivity contribution in [1.82, 2.24) is 5.32 Å². The highest BCUT2D eigenvalue weighted by molar-refractivity contribution is 5.77. The Kier molecular flexibility index (Phi) is 4.68. The van der Waals surface area contributed by atoms with Gasteiger partial charge in [0.2, 0.25) is 0 Å². The third-order valence-electron chi connectivity index (χ3n) is 3.11. The SMILES string of the molecule is CC(C)(C)c1cccc(OCC(=O)NCc2ccco2)c1. The minimum absolute atomic E-state index is 0.00565. The molecule has 0 radical (unpaired) electrons. The number of amides is 1. The molecule has 0 fully saturated rings. The standard InChI is InChI=1S/C17H21NO3/c1-17(2,3)13-6-4-7-14(10-13)21-12-16(19)18-11-15-8-5-9-20-15/h4-10H,11-12H2,1-3H3,(H,18,19). The Morgan fingerprint density at radius 2 is 2.05 bits per heavy atom. The molecule has 0 spiro atoms. The first-order valence-corrected chi connectivity index (χ1v) is 6.97. The number of hydrogen-bond acceptors (Lipinski definition) is 3. The molecule has 0 aliphatic rings. The van der Waals surface area contributed by atoms with E-state index in [1.807, 2.05) is 24.3 Å². The highest BCUT2D eigenvalue weighted by atomic mass is 16.5. The van der Waals surface area contributed by atoms with E-state index in [0.29, 0.717) is 12.3 Å². The Hall–Kier alpha value is -2.23. The van der Waals surface area contributed by atoms with Gasteiger partial charge in [-0.2, -0.15) is 0 Å². The van der Waals surface area contributed by atoms with Gasteiger partial charge in [-0.1, -0.05) is 32.9 Å². The van der Waals surface area contributed by atoms with Gasteiger partial charge in [-0.15, -0.1) is 0 Å². The highest BCUT2D eigenvalue weighted by Gasteiger charge is 2.14. The summed E-state index contributed by atoms with van der Waals surface area (Å²) in [5.74, 6) is 1.25. The number of ether oxygens (including phenoxy) is 1. The number of nitrogens with one attached hydrogen (secondary N) is 1. The van der Waals surface area contributed by atoms with E-state index in [-0.39, 0.29) is 17.9 Å². The Labute approximate surface area is 125 Å². The van der Waals surface area contributed by atoms with Gasteiger partial charge >= 0.3 is 0 Å². The van der Waals surface area contributed by atoms with E-state index in [9.17, 15) is 4.79 Å². The van der Waals surface area contributed by atoms with Gasteiger partial charge in [-0.3, -0.25) is 4.79 Å². The second-order valence-corrected chi connectivity index (χ2v) is 5.92. The normalized spacial score (nSPS) is 11.2. The van der Waals surface area contributed by atoms with E-state index in [0.717, 1.165) is 5.76 Å². The minimum atomic E-state index is -0.174. The van der Waals surface area contributed by atoms with Gasteiger partial charge in [0.05, 0.1) is 12.8 Å². The lowest BCUT2D eigenvalue weighted by molar-refractivity contribution is -0.123. The second-order valence-electron chi connectivity index (χ2n) is 5.92. The number of rotatable bonds is 5. The van der Waals surface area contributed by atoms with Crippen LogP contribution in [0.5, 0.6) is 5.75 Å². The Morgan fingerprint density at radius 1 is 1.24 bits per heavy atom. The molecule has 0 unspecified atom stereocenters. The van der Waals surface area contributed by atoms with Crippen molar-refractivity contribution in [2.45, 2.75) is 32.7 Å². The van der Waals surface area contributed by atoms with Crippen molar-refractivity contribution in [3.8, 4) is 5.75 Å². The summed E-state index contributed by atoms with van der Waals surface area (Å²) in [5, 5.41) is 2.74. The first-order valence-electron chi connectivity index (χ1n) is 6.97. The molecule has 0 aliphatic carbocycles. The molecule has 1 aromatic carbocycles. The van der Waals surface area contributed by atoms with Gasteiger partial charge in [0.1, 0.15) is 11.5 Å². The molecule has 0 saturated carbocycles. The molecule has 1 aromatic heterocycles. The highest BCUT2D eigenvalue weighted by Crippen LogP contribution is 2.25. The summed E-state index contributed by atoms with van der Waals surface area (Å²) in [7, 11) is 0. The fraction of sp³-hybridized carbons (Fsp3) is 0.353. The Morgan fingerprint density at radius 3 is 2.71 bits per heavy atom. The van der Waals surface area contributed by atoms with Crippen LogP contribution in [0, 0.1) is 0 Å². The molecular weight excluding hydrogens is 266 g/mol. The van der Waals surface area contributed by atoms with Crippen molar-refractivity contribution in [2.24, 2.45) is 0 Å². The van der Waals surface area contributed by atoms with E-state index in [1.165, 1.54) is 5.56 Å². The molecule has 0 saturated heterocycles. The zero-order chi connectivity index (χ0) is 15.3. The lowest BCUT2D eigenvalue weighted by Gasteiger charge is -2.19. The first kappa shape index (κ1) is 15.2. The second kappa shape index (κ2) is 6.48. The van der Waals surface area contributed by atoms with Crippen LogP contribution in [0.15, 0.2) is 47.1 Å². The summed E-state index contributed by atoms with van der Waals surface area (Å²) < 4.78 is 10.7. The molecule has 1 heterocycles. The fourth-order valence-electron chi connectivity index (χ4n) is 1.85. The summed E-state index contributed by atoms with van der Waals surface area (Å²) in [6.07, 6.45) is 1.58. The largest absolute Gasteiger partial charge is 0.484 e. The van der Waals surface area contributed by atoms with Crippen LogP contribution in [-0.4, -0.2) is 12.5 Å². The third-order valence-corrected chi connectivity index (χ3v) is 3.11. The van der Waals surface area contributed by atoms with Gasteiger partial charge in [0, 0.05) is 0 Å². The molecule has 0 aliphatic heterocycles. The maximum absolute atomic E-state index is 11.7. The predicted octanol–water partition coefficient (Wildman–Crippen LogP) is 3.27. The van der Waals surface area contributed by atoms with Crippen LogP contribution in [0.25, 0.3) is 0 Å². The number of carbonyl (C=O) groups is 1. The van der Waals surface area contributed by atoms with E-state index < -0.39 is 0 Å². The molecule has 0 atom stereocenters. The first-order chi connectivity index (χ1) is 9.95. The van der Waals surface area contributed by atoms with Gasteiger partial charge in [-0.25, -0.2) is 0 Å². The number of carbonyl (C=O) groups excluding carboxylic acids is 1. The van der Waals surface area contributed by atoms with Gasteiger partial charge in [-0.05, 0) is 35.2 Å². The summed E-state index contributed by atoms with van der Waals surface area (Å²) >= 11 is 0. The van der Waals surface area contributed by atoms with Gasteiger partial charge in [0.15, 0.2) is 6.61 Å². The zero-order valence-corrected chi connectivity index (χ0v) is 12.7. The van der Waals surface area contributed by atoms with Crippen LogP contribution in [0.3, 0.4) is 0 Å². The zero-order valence-electron chi connectivity index (χ0n) is 12.7. The summed E-state index contributed by atoms with van der Waals surface area (Å²) in [6, 6.07) is 11.4. The Bertz CT molecular complexity index is 582. The molecule has 1 amide bonds. The smallest absolute Gasteiger partial charge is 0.258 e. The minimum Gasteiger partial charge on any atom is -0.484 e. The molecule has 112 valence electrons. The maximum atomic E-state index is 11.7. The molecule has 1 N–H and O–H groups in total. The summed E-state index contributed by atoms with van der Waals surface area (Å²) in [5.41, 5.74) is 1.23. The van der Waals surface area contributed by atoms with Crippen LogP contribution in [0.4, 0.5) is 0 Å². The monoisotopic (exact) mass is 287 g/mol. The number of benzene rings is 1. The van der Waals surface area contributed by atoms with E-state index in [1.54, 1.807) is 12.3 Å². The molecular formula is C17H21NO3. The average Bonchev–Trinajstić information content (AvgIpc) is 2.95. The number of furan rings is 1. The van der Waals surface area contributed by atoms with E-state index in [2.05, 4.69) is 32.2 Å². The molecule has 4 nitrogen and oxygen atoms in total. The topological polar surface area (TPSA) is 51.5 Å². The lowest BCUT2D eigenvalue weighted by Crippen LogP contribution is -2.28. The number of hydrogen-bond donors (Lipinski definition) is 1. The maximum Gasteiger partial charge on any atom is 0.258 e. The van der Waals surface area contributed by atoms with Crippen molar-refractivity contribution >= 4 is 5.91 Å². The molecule has 0 bridgehead atoms. The van der Waals surface area contributed by atoms with Crippen LogP contribution >= 0.6 is 0 Å². The van der Waals surface area contributed by atoms with E-state index in [4.69, 9.17) is 9.15 Å². The van der Waals surface area contributed by atoms with Crippen LogP contribution < -0.4 is 10.1 Å². The lowest BCUT2D eigenvalue weighted by atomic mass is 9.87. The summed E-state index contributed by atoms with van der Waals surface area (Å²) in [6.45, 7) is 6.79. The van der Waals surface area contributed by atoms with Crippen LogP contribution in [0.2, 0.25) is 0 Å². The predicted molar refractivity (Wildman–Crippen MR) is 81.2 cm³/mol. The van der Waals surface area contributed by atoms with Crippen molar-refractivity contribution in [3.63, 3.8) is 0 Å². The third kappa shape index (κ3) is 4.67. The van der Waals surface area contributed by atoms with Crippen LogP contribution in [0.1, 0.15) is 32.1 Å². The van der Waals surface area contributed by atoms with Crippen molar-refractivity contribution in [3.05, 3.63) is 54.0 Å². The van der Waals surface area contributed by atoms with Gasteiger partial charge in [0.25, 0.3) is 5.91 Å². The van der Waals surface area contributed by atoms with Crippen molar-refractivity contribution in [1.29, 1.82) is 0 Å². The fourth-order valence-corrected chi connectivity index (χ4v) is 1.85. The van der Waals surface area contributed by atoms with Crippen LogP contribution in [-0.2, 0) is 16.8 Å². The average molecular weight is 287 g/mol. The molecule has 2 aromatic rings. The quantitative estimate of drug-likeness (QED) is 0.918. The summed E-state index contributed by atoms with van der Waals surface area (Å²) in [4.78, 5) is 11.7. The molecule has 21 heavy (non-hydrogen) atoms. The molecule has 4 heteroatoms. The van der Waals surface area contributed by atoms with Gasteiger partial charge < -0.3 is 14.5 Å². The van der Waals surface area contributed by atoms with Crippen molar-refractivity contribution < 1.29 is 13.9 Å². The Balaban J connectivity index is 1.83. The van der Waals surface area contributed by atoms with E-state index >= 15 is 0 Å². The van der Waals surface area contributed by atoms with Crippen molar-refractivity contribution in [2.75, 3.05) is 6.61 Å². The molecule has 2 rings (SSSR count).